The van der Waals surface area contributed by atoms with Crippen molar-refractivity contribution in [1.82, 2.24) is 5.32 Å². The zero-order valence-corrected chi connectivity index (χ0v) is 12.7. The summed E-state index contributed by atoms with van der Waals surface area (Å²) in [5, 5.41) is 3.21. The van der Waals surface area contributed by atoms with Gasteiger partial charge in [0.2, 0.25) is 0 Å². The van der Waals surface area contributed by atoms with Gasteiger partial charge in [-0.1, -0.05) is 31.4 Å². The van der Waals surface area contributed by atoms with E-state index in [2.05, 4.69) is 42.4 Å². The van der Waals surface area contributed by atoms with Crippen molar-refractivity contribution in [3.05, 3.63) is 29.3 Å². The lowest BCUT2D eigenvalue weighted by atomic mass is 9.89. The van der Waals surface area contributed by atoms with Gasteiger partial charge >= 0.3 is 0 Å². The van der Waals surface area contributed by atoms with Crippen molar-refractivity contribution in [2.75, 3.05) is 25.5 Å². The van der Waals surface area contributed by atoms with Gasteiger partial charge in [0.05, 0.1) is 0 Å². The first kappa shape index (κ1) is 14.4. The van der Waals surface area contributed by atoms with Crippen LogP contribution in [0.4, 0.5) is 5.69 Å². The van der Waals surface area contributed by atoms with Gasteiger partial charge in [0.1, 0.15) is 0 Å². The van der Waals surface area contributed by atoms with E-state index >= 15 is 0 Å². The minimum absolute atomic E-state index is 0.898. The molecule has 19 heavy (non-hydrogen) atoms. The van der Waals surface area contributed by atoms with E-state index < -0.39 is 0 Å². The molecule has 0 amide bonds. The third-order valence-corrected chi connectivity index (χ3v) is 4.31. The van der Waals surface area contributed by atoms with E-state index in [1.165, 1.54) is 55.5 Å². The first-order valence-corrected chi connectivity index (χ1v) is 7.66. The maximum Gasteiger partial charge on any atom is 0.0393 e. The second kappa shape index (κ2) is 6.95. The van der Waals surface area contributed by atoms with Crippen molar-refractivity contribution in [1.29, 1.82) is 0 Å². The summed E-state index contributed by atoms with van der Waals surface area (Å²) < 4.78 is 0. The number of hydrogen-bond donors (Lipinski definition) is 1. The standard InChI is InChI=1S/C17H28N2/c1-14-11-16(12-18-2)9-10-17(14)19(3)13-15-7-5-4-6-8-15/h9-11,15,18H,4-8,12-13H2,1-3H3. The zero-order valence-electron chi connectivity index (χ0n) is 12.7. The van der Waals surface area contributed by atoms with E-state index in [4.69, 9.17) is 0 Å². The molecule has 1 saturated carbocycles. The summed E-state index contributed by atoms with van der Waals surface area (Å²) in [6.07, 6.45) is 7.14. The molecule has 0 aliphatic heterocycles. The van der Waals surface area contributed by atoms with Crippen LogP contribution < -0.4 is 10.2 Å². The quantitative estimate of drug-likeness (QED) is 0.868. The highest BCUT2D eigenvalue weighted by Gasteiger charge is 2.16. The monoisotopic (exact) mass is 260 g/mol. The van der Waals surface area contributed by atoms with Crippen LogP contribution in [0.1, 0.15) is 43.2 Å². The number of nitrogens with zero attached hydrogens (tertiary/aromatic N) is 1. The van der Waals surface area contributed by atoms with Gasteiger partial charge in [-0.15, -0.1) is 0 Å². The number of aryl methyl sites for hydroxylation is 1. The molecule has 1 aliphatic carbocycles. The Hall–Kier alpha value is -1.02. The van der Waals surface area contributed by atoms with Gasteiger partial charge in [0, 0.05) is 25.8 Å². The number of benzene rings is 1. The number of anilines is 1. The normalized spacial score (nSPS) is 16.6. The average Bonchev–Trinajstić information content (AvgIpc) is 2.40. The Morgan fingerprint density at radius 3 is 2.58 bits per heavy atom. The van der Waals surface area contributed by atoms with Gasteiger partial charge in [0.25, 0.3) is 0 Å². The van der Waals surface area contributed by atoms with E-state index in [1.807, 2.05) is 7.05 Å². The Kier molecular flexibility index (Phi) is 5.26. The molecule has 0 aromatic heterocycles. The summed E-state index contributed by atoms with van der Waals surface area (Å²) in [4.78, 5) is 2.45. The SMILES string of the molecule is CNCc1ccc(N(C)CC2CCCCC2)c(C)c1. The molecule has 0 unspecified atom stereocenters. The smallest absolute Gasteiger partial charge is 0.0393 e. The van der Waals surface area contributed by atoms with Crippen LogP contribution in [0.15, 0.2) is 18.2 Å². The van der Waals surface area contributed by atoms with Crippen molar-refractivity contribution in [2.24, 2.45) is 5.92 Å². The van der Waals surface area contributed by atoms with E-state index in [9.17, 15) is 0 Å². The fourth-order valence-electron chi connectivity index (χ4n) is 3.32. The van der Waals surface area contributed by atoms with Gasteiger partial charge in [0.15, 0.2) is 0 Å². The molecule has 1 fully saturated rings. The Labute approximate surface area is 118 Å². The van der Waals surface area contributed by atoms with Crippen LogP contribution in [0.25, 0.3) is 0 Å². The first-order valence-electron chi connectivity index (χ1n) is 7.66. The lowest BCUT2D eigenvalue weighted by Crippen LogP contribution is -2.27. The Bertz CT molecular complexity index is 394. The molecule has 2 heteroatoms. The molecular weight excluding hydrogens is 232 g/mol. The third kappa shape index (κ3) is 3.97. The maximum absolute atomic E-state index is 3.21. The molecule has 2 nitrogen and oxygen atoms in total. The fourth-order valence-corrected chi connectivity index (χ4v) is 3.32. The first-order chi connectivity index (χ1) is 9.20. The van der Waals surface area contributed by atoms with E-state index in [-0.39, 0.29) is 0 Å². The predicted molar refractivity (Wildman–Crippen MR) is 83.8 cm³/mol. The number of rotatable bonds is 5. The maximum atomic E-state index is 3.21. The molecule has 1 N–H and O–H groups in total. The van der Waals surface area contributed by atoms with Crippen LogP contribution in [0, 0.1) is 12.8 Å². The minimum Gasteiger partial charge on any atom is -0.374 e. The second-order valence-electron chi connectivity index (χ2n) is 6.04. The summed E-state index contributed by atoms with van der Waals surface area (Å²) in [6, 6.07) is 6.84. The largest absolute Gasteiger partial charge is 0.374 e. The topological polar surface area (TPSA) is 15.3 Å². The van der Waals surface area contributed by atoms with Crippen LogP contribution in [0.5, 0.6) is 0 Å². The Balaban J connectivity index is 1.99. The average molecular weight is 260 g/mol. The Morgan fingerprint density at radius 2 is 1.95 bits per heavy atom. The van der Waals surface area contributed by atoms with Crippen LogP contribution in [0.2, 0.25) is 0 Å². The van der Waals surface area contributed by atoms with Crippen molar-refractivity contribution in [3.63, 3.8) is 0 Å². The predicted octanol–water partition coefficient (Wildman–Crippen LogP) is 3.73. The minimum atomic E-state index is 0.898. The molecule has 0 spiro atoms. The van der Waals surface area contributed by atoms with Crippen LogP contribution in [0.3, 0.4) is 0 Å². The molecular formula is C17H28N2. The van der Waals surface area contributed by atoms with Gasteiger partial charge in [-0.05, 0) is 49.9 Å². The van der Waals surface area contributed by atoms with Crippen molar-refractivity contribution >= 4 is 5.69 Å². The van der Waals surface area contributed by atoms with Crippen molar-refractivity contribution < 1.29 is 0 Å². The lowest BCUT2D eigenvalue weighted by molar-refractivity contribution is 0.362. The molecule has 0 atom stereocenters. The molecule has 106 valence electrons. The van der Waals surface area contributed by atoms with Crippen LogP contribution in [-0.4, -0.2) is 20.6 Å². The van der Waals surface area contributed by atoms with Gasteiger partial charge in [-0.25, -0.2) is 0 Å². The summed E-state index contributed by atoms with van der Waals surface area (Å²) in [6.45, 7) is 4.39. The fraction of sp³-hybridized carbons (Fsp3) is 0.647. The van der Waals surface area contributed by atoms with Gasteiger partial charge in [-0.2, -0.15) is 0 Å². The molecule has 1 aliphatic rings. The molecule has 0 bridgehead atoms. The lowest BCUT2D eigenvalue weighted by Gasteiger charge is -2.29. The van der Waals surface area contributed by atoms with Gasteiger partial charge < -0.3 is 10.2 Å². The molecule has 2 rings (SSSR count). The highest BCUT2D eigenvalue weighted by atomic mass is 15.1. The Morgan fingerprint density at radius 1 is 1.21 bits per heavy atom. The van der Waals surface area contributed by atoms with Crippen LogP contribution in [-0.2, 0) is 6.54 Å². The summed E-state index contributed by atoms with van der Waals surface area (Å²) in [7, 11) is 4.24. The zero-order chi connectivity index (χ0) is 13.7. The molecule has 1 aromatic carbocycles. The van der Waals surface area contributed by atoms with E-state index in [0.29, 0.717) is 0 Å². The highest BCUT2D eigenvalue weighted by Crippen LogP contribution is 2.27. The highest BCUT2D eigenvalue weighted by molar-refractivity contribution is 5.54. The van der Waals surface area contributed by atoms with Gasteiger partial charge in [-0.3, -0.25) is 0 Å². The van der Waals surface area contributed by atoms with Crippen LogP contribution >= 0.6 is 0 Å². The summed E-state index contributed by atoms with van der Waals surface area (Å²) in [5.41, 5.74) is 4.16. The van der Waals surface area contributed by atoms with Crippen molar-refractivity contribution in [2.45, 2.75) is 45.6 Å². The summed E-state index contributed by atoms with van der Waals surface area (Å²) >= 11 is 0. The number of nitrogens with one attached hydrogen (secondary N) is 1. The molecule has 0 radical (unpaired) electrons. The molecule has 1 aromatic rings. The second-order valence-corrected chi connectivity index (χ2v) is 6.04. The van der Waals surface area contributed by atoms with E-state index in [1.54, 1.807) is 0 Å². The summed E-state index contributed by atoms with van der Waals surface area (Å²) in [5.74, 6) is 0.898. The van der Waals surface area contributed by atoms with Crippen molar-refractivity contribution in [3.8, 4) is 0 Å². The third-order valence-electron chi connectivity index (χ3n) is 4.31. The molecule has 0 heterocycles. The number of hydrogen-bond acceptors (Lipinski definition) is 2. The molecule has 0 saturated heterocycles. The van der Waals surface area contributed by atoms with E-state index in [0.717, 1.165) is 12.5 Å².